The van der Waals surface area contributed by atoms with Crippen LogP contribution in [0.2, 0.25) is 0 Å². The van der Waals surface area contributed by atoms with Gasteiger partial charge in [0.2, 0.25) is 0 Å². The number of carboxylic acids is 2. The van der Waals surface area contributed by atoms with Crippen LogP contribution >= 0.6 is 11.8 Å². The van der Waals surface area contributed by atoms with Gasteiger partial charge in [0.25, 0.3) is 0 Å². The fourth-order valence-electron chi connectivity index (χ4n) is 3.57. The van der Waals surface area contributed by atoms with Gasteiger partial charge >= 0.3 is 18.1 Å². The highest BCUT2D eigenvalue weighted by Gasteiger charge is 2.32. The lowest BCUT2D eigenvalue weighted by atomic mass is 10.0. The number of carboxylic acid groups (broad SMARTS) is 2. The minimum atomic E-state index is -4.36. The second-order valence-electron chi connectivity index (χ2n) is 8.57. The third-order valence-electron chi connectivity index (χ3n) is 5.56. The lowest BCUT2D eigenvalue weighted by molar-refractivity contribution is -0.138. The second-order valence-corrected chi connectivity index (χ2v) is 9.78. The molecule has 3 rings (SSSR count). The Morgan fingerprint density at radius 3 is 1.75 bits per heavy atom. The number of hydrogen-bond acceptors (Lipinski definition) is 4. The van der Waals surface area contributed by atoms with Gasteiger partial charge in [0.05, 0.1) is 10.8 Å². The molecule has 3 aromatic carbocycles. The summed E-state index contributed by atoms with van der Waals surface area (Å²) in [6, 6.07) is 18.1. The Hall–Kier alpha value is -3.70. The monoisotopic (exact) mass is 581 g/mol. The van der Waals surface area contributed by atoms with Gasteiger partial charge in [-0.15, -0.1) is 11.8 Å². The van der Waals surface area contributed by atoms with Crippen molar-refractivity contribution < 1.29 is 41.8 Å². The maximum atomic E-state index is 13.4. The first-order valence-corrected chi connectivity index (χ1v) is 13.0. The molecule has 0 aliphatic heterocycles. The molecule has 0 fully saturated rings. The van der Waals surface area contributed by atoms with Crippen LogP contribution in [0, 0.1) is 11.6 Å². The zero-order valence-electron chi connectivity index (χ0n) is 21.4. The van der Waals surface area contributed by atoms with Crippen LogP contribution in [-0.4, -0.2) is 52.9 Å². The standard InChI is InChI=1S/C25H24F5NS.C4H4O4/c1-31(15-14-18-4-2-3-5-23(18)25(28,29)30)16-17-32-24(19-6-10-21(26)11-7-19)20-8-12-22(27)13-9-20;5-3(6)1-2-4(7)8/h2-13,24H,14-17H2,1H3;1-2H,(H,5,6)(H,7,8). The van der Waals surface area contributed by atoms with Crippen LogP contribution in [0.1, 0.15) is 27.5 Å². The summed E-state index contributed by atoms with van der Waals surface area (Å²) < 4.78 is 66.2. The molecule has 0 amide bonds. The van der Waals surface area contributed by atoms with Crippen molar-refractivity contribution in [3.63, 3.8) is 0 Å². The molecular formula is C29H28F5NO4S. The first-order valence-electron chi connectivity index (χ1n) is 12.0. The van der Waals surface area contributed by atoms with Crippen molar-refractivity contribution in [2.75, 3.05) is 25.9 Å². The van der Waals surface area contributed by atoms with E-state index in [1.165, 1.54) is 36.4 Å². The summed E-state index contributed by atoms with van der Waals surface area (Å²) in [5, 5.41) is 15.5. The molecule has 0 aliphatic rings. The summed E-state index contributed by atoms with van der Waals surface area (Å²) in [5.74, 6) is -2.46. The van der Waals surface area contributed by atoms with Gasteiger partial charge in [-0.1, -0.05) is 42.5 Å². The van der Waals surface area contributed by atoms with Crippen molar-refractivity contribution in [2.45, 2.75) is 17.8 Å². The minimum absolute atomic E-state index is 0.101. The Labute approximate surface area is 232 Å². The van der Waals surface area contributed by atoms with E-state index in [4.69, 9.17) is 10.2 Å². The molecular weight excluding hydrogens is 553 g/mol. The summed E-state index contributed by atoms with van der Waals surface area (Å²) in [5.41, 5.74) is 1.51. The first kappa shape index (κ1) is 32.5. The van der Waals surface area contributed by atoms with Gasteiger partial charge < -0.3 is 15.1 Å². The molecule has 40 heavy (non-hydrogen) atoms. The van der Waals surface area contributed by atoms with E-state index in [0.29, 0.717) is 37.4 Å². The normalized spacial score (nSPS) is 11.5. The quantitative estimate of drug-likeness (QED) is 0.194. The largest absolute Gasteiger partial charge is 0.478 e. The van der Waals surface area contributed by atoms with Gasteiger partial charge in [0, 0.05) is 31.0 Å². The van der Waals surface area contributed by atoms with E-state index in [1.807, 2.05) is 11.9 Å². The van der Waals surface area contributed by atoms with E-state index in [1.54, 1.807) is 42.1 Å². The number of carbonyl (C=O) groups is 2. The van der Waals surface area contributed by atoms with Crippen molar-refractivity contribution in [1.29, 1.82) is 0 Å². The molecule has 11 heteroatoms. The SMILES string of the molecule is CN(CCSC(c1ccc(F)cc1)c1ccc(F)cc1)CCc1ccccc1C(F)(F)F.O=C(O)C=CC(=O)O. The zero-order chi connectivity index (χ0) is 29.7. The number of alkyl halides is 3. The Kier molecular flexibility index (Phi) is 12.8. The highest BCUT2D eigenvalue weighted by molar-refractivity contribution is 7.99. The third-order valence-corrected chi connectivity index (χ3v) is 6.85. The van der Waals surface area contributed by atoms with Crippen LogP contribution in [0.5, 0.6) is 0 Å². The number of rotatable bonds is 11. The zero-order valence-corrected chi connectivity index (χ0v) is 22.3. The molecule has 0 spiro atoms. The molecule has 0 saturated carbocycles. The maximum absolute atomic E-state index is 13.4. The van der Waals surface area contributed by atoms with Crippen LogP contribution in [0.25, 0.3) is 0 Å². The molecule has 0 atom stereocenters. The molecule has 3 aromatic rings. The van der Waals surface area contributed by atoms with Crippen molar-refractivity contribution in [2.24, 2.45) is 0 Å². The van der Waals surface area contributed by atoms with E-state index in [-0.39, 0.29) is 22.4 Å². The lowest BCUT2D eigenvalue weighted by Gasteiger charge is -2.21. The molecule has 0 heterocycles. The summed E-state index contributed by atoms with van der Waals surface area (Å²) >= 11 is 1.63. The Morgan fingerprint density at radius 1 is 0.825 bits per heavy atom. The lowest BCUT2D eigenvalue weighted by Crippen LogP contribution is -2.25. The van der Waals surface area contributed by atoms with E-state index in [0.717, 1.165) is 17.2 Å². The Morgan fingerprint density at radius 2 is 1.30 bits per heavy atom. The van der Waals surface area contributed by atoms with Gasteiger partial charge in [0.1, 0.15) is 11.6 Å². The fourth-order valence-corrected chi connectivity index (χ4v) is 4.92. The van der Waals surface area contributed by atoms with E-state index >= 15 is 0 Å². The third kappa shape index (κ3) is 11.6. The van der Waals surface area contributed by atoms with Gasteiger partial charge in [-0.2, -0.15) is 13.2 Å². The number of benzene rings is 3. The van der Waals surface area contributed by atoms with Gasteiger partial charge in [-0.05, 0) is 60.5 Å². The van der Waals surface area contributed by atoms with Crippen LogP contribution in [0.4, 0.5) is 22.0 Å². The molecule has 0 aliphatic carbocycles. The van der Waals surface area contributed by atoms with Crippen LogP contribution in [0.3, 0.4) is 0 Å². The predicted molar refractivity (Wildman–Crippen MR) is 144 cm³/mol. The molecule has 0 unspecified atom stereocenters. The second kappa shape index (κ2) is 15.8. The highest BCUT2D eigenvalue weighted by atomic mass is 32.2. The van der Waals surface area contributed by atoms with Gasteiger partial charge in [-0.25, -0.2) is 18.4 Å². The summed E-state index contributed by atoms with van der Waals surface area (Å²) in [6.07, 6.45) is -2.94. The van der Waals surface area contributed by atoms with Crippen molar-refractivity contribution in [3.05, 3.63) is 119 Å². The number of hydrogen-bond donors (Lipinski definition) is 2. The number of halogens is 5. The van der Waals surface area contributed by atoms with E-state index in [9.17, 15) is 31.5 Å². The predicted octanol–water partition coefficient (Wildman–Crippen LogP) is 6.69. The number of nitrogens with zero attached hydrogens (tertiary/aromatic N) is 1. The Balaban J connectivity index is 0.000000611. The van der Waals surface area contributed by atoms with Crippen molar-refractivity contribution in [3.8, 4) is 0 Å². The average molecular weight is 582 g/mol. The first-order chi connectivity index (χ1) is 18.9. The molecule has 0 radical (unpaired) electrons. The minimum Gasteiger partial charge on any atom is -0.478 e. The smallest absolute Gasteiger partial charge is 0.416 e. The highest BCUT2D eigenvalue weighted by Crippen LogP contribution is 2.36. The van der Waals surface area contributed by atoms with E-state index < -0.39 is 23.7 Å². The van der Waals surface area contributed by atoms with E-state index in [2.05, 4.69) is 0 Å². The van der Waals surface area contributed by atoms with Crippen LogP contribution in [0.15, 0.2) is 84.9 Å². The van der Waals surface area contributed by atoms with Crippen LogP contribution < -0.4 is 0 Å². The topological polar surface area (TPSA) is 77.8 Å². The van der Waals surface area contributed by atoms with Gasteiger partial charge in [0.15, 0.2) is 0 Å². The molecule has 0 aromatic heterocycles. The maximum Gasteiger partial charge on any atom is 0.416 e. The fraction of sp³-hybridized carbons (Fsp3) is 0.241. The molecule has 2 N–H and O–H groups in total. The van der Waals surface area contributed by atoms with Crippen LogP contribution in [-0.2, 0) is 22.2 Å². The molecule has 0 saturated heterocycles. The van der Waals surface area contributed by atoms with Crippen molar-refractivity contribution >= 4 is 23.7 Å². The Bertz CT molecular complexity index is 1200. The average Bonchev–Trinajstić information content (AvgIpc) is 2.90. The molecule has 214 valence electrons. The number of aliphatic carboxylic acids is 2. The summed E-state index contributed by atoms with van der Waals surface area (Å²) in [4.78, 5) is 21.1. The summed E-state index contributed by atoms with van der Waals surface area (Å²) in [7, 11) is 1.88. The molecule has 5 nitrogen and oxygen atoms in total. The number of thioether (sulfide) groups is 1. The molecule has 0 bridgehead atoms. The van der Waals surface area contributed by atoms with Gasteiger partial charge in [-0.3, -0.25) is 0 Å². The number of likely N-dealkylation sites (N-methyl/N-ethyl adjacent to an activating group) is 1. The summed E-state index contributed by atoms with van der Waals surface area (Å²) in [6.45, 7) is 1.16. The van der Waals surface area contributed by atoms with Crippen molar-refractivity contribution in [1.82, 2.24) is 4.90 Å².